The average Bonchev–Trinajstić information content (AvgIpc) is 3.47. The van der Waals surface area contributed by atoms with Crippen molar-refractivity contribution in [2.24, 2.45) is 0 Å². The zero-order valence-corrected chi connectivity index (χ0v) is 22.6. The molecule has 0 unspecified atom stereocenters. The van der Waals surface area contributed by atoms with Crippen molar-refractivity contribution in [3.05, 3.63) is 101 Å². The van der Waals surface area contributed by atoms with E-state index >= 15 is 0 Å². The van der Waals surface area contributed by atoms with E-state index in [4.69, 9.17) is 9.15 Å². The quantitative estimate of drug-likeness (QED) is 0.348. The van der Waals surface area contributed by atoms with Gasteiger partial charge in [0.05, 0.1) is 16.2 Å². The number of carbonyl (C=O) groups is 1. The molecule has 1 aliphatic carbocycles. The van der Waals surface area contributed by atoms with Crippen molar-refractivity contribution in [1.82, 2.24) is 9.29 Å². The van der Waals surface area contributed by atoms with E-state index < -0.39 is 33.8 Å². The minimum atomic E-state index is -4.45. The minimum absolute atomic E-state index is 0.0379. The van der Waals surface area contributed by atoms with Gasteiger partial charge in [0.2, 0.25) is 5.89 Å². The van der Waals surface area contributed by atoms with Gasteiger partial charge in [0, 0.05) is 12.0 Å². The predicted molar refractivity (Wildman–Crippen MR) is 142 cm³/mol. The summed E-state index contributed by atoms with van der Waals surface area (Å²) in [5.74, 6) is -0.337. The van der Waals surface area contributed by atoms with Gasteiger partial charge in [-0.05, 0) is 79.9 Å². The highest BCUT2D eigenvalue weighted by Gasteiger charge is 2.43. The highest BCUT2D eigenvalue weighted by atomic mass is 32.2. The van der Waals surface area contributed by atoms with Crippen LogP contribution in [0.4, 0.5) is 13.2 Å². The molecule has 0 fully saturated rings. The van der Waals surface area contributed by atoms with E-state index in [1.54, 1.807) is 25.2 Å². The van der Waals surface area contributed by atoms with E-state index in [2.05, 4.69) is 4.98 Å². The number of rotatable bonds is 7. The van der Waals surface area contributed by atoms with Crippen molar-refractivity contribution in [2.45, 2.75) is 49.9 Å². The van der Waals surface area contributed by atoms with E-state index in [9.17, 15) is 31.5 Å². The lowest BCUT2D eigenvalue weighted by atomic mass is 10.0. The summed E-state index contributed by atoms with van der Waals surface area (Å²) in [4.78, 5) is 16.2. The van der Waals surface area contributed by atoms with Gasteiger partial charge in [-0.25, -0.2) is 18.2 Å². The number of carboxylic acids is 1. The molecular weight excluding hydrogens is 561 g/mol. The number of carboxylic acid groups (broad SMARTS) is 1. The molecular formula is C29H25F3N2O6S. The molecule has 1 atom stereocenters. The van der Waals surface area contributed by atoms with Crippen LogP contribution in [0.5, 0.6) is 5.75 Å². The first-order valence-electron chi connectivity index (χ1n) is 12.6. The van der Waals surface area contributed by atoms with Crippen LogP contribution < -0.4 is 4.74 Å². The first-order chi connectivity index (χ1) is 19.4. The highest BCUT2D eigenvalue weighted by Crippen LogP contribution is 2.38. The van der Waals surface area contributed by atoms with E-state index in [-0.39, 0.29) is 23.8 Å². The summed E-state index contributed by atoms with van der Waals surface area (Å²) in [6, 6.07) is 8.80. The van der Waals surface area contributed by atoms with Crippen LogP contribution in [0.1, 0.15) is 36.3 Å². The Morgan fingerprint density at radius 2 is 1.83 bits per heavy atom. The van der Waals surface area contributed by atoms with Crippen LogP contribution in [0.15, 0.2) is 93.4 Å². The van der Waals surface area contributed by atoms with Crippen LogP contribution >= 0.6 is 0 Å². The normalized spacial score (nSPS) is 18.9. The zero-order chi connectivity index (χ0) is 29.4. The molecule has 1 aliphatic heterocycles. The number of ether oxygens (including phenoxy) is 1. The van der Waals surface area contributed by atoms with Crippen molar-refractivity contribution in [3.63, 3.8) is 0 Å². The fourth-order valence-electron chi connectivity index (χ4n) is 4.69. The Morgan fingerprint density at radius 3 is 2.49 bits per heavy atom. The van der Waals surface area contributed by atoms with Gasteiger partial charge in [-0.3, -0.25) is 4.31 Å². The van der Waals surface area contributed by atoms with Gasteiger partial charge in [-0.2, -0.15) is 13.2 Å². The van der Waals surface area contributed by atoms with E-state index in [1.807, 2.05) is 6.08 Å². The van der Waals surface area contributed by atoms with E-state index in [0.29, 0.717) is 41.3 Å². The Labute approximate surface area is 234 Å². The first kappa shape index (κ1) is 28.2. The SMILES string of the molecule is Cc1oc(-c2ccc(C(F)(F)F)cc2)nc1COc1ccc(S(=O)(=O)N2C3=C(CC/C=C/C=C\3)C[C@@H]2C(=O)O)cc1. The topological polar surface area (TPSA) is 110 Å². The summed E-state index contributed by atoms with van der Waals surface area (Å²) in [6.45, 7) is 1.61. The molecule has 5 rings (SSSR count). The number of benzene rings is 2. The number of oxazole rings is 1. The molecule has 2 aliphatic rings. The van der Waals surface area contributed by atoms with Gasteiger partial charge < -0.3 is 14.3 Å². The third-order valence-corrected chi connectivity index (χ3v) is 8.67. The maximum atomic E-state index is 13.6. The summed E-state index contributed by atoms with van der Waals surface area (Å²) in [7, 11) is -4.20. The Hall–Kier alpha value is -4.32. The number of halogens is 3. The minimum Gasteiger partial charge on any atom is -0.487 e. The number of alkyl halides is 3. The summed E-state index contributed by atoms with van der Waals surface area (Å²) < 4.78 is 78.1. The molecule has 2 aromatic carbocycles. The molecule has 0 saturated heterocycles. The van der Waals surface area contributed by atoms with Crippen molar-refractivity contribution >= 4 is 16.0 Å². The summed E-state index contributed by atoms with van der Waals surface area (Å²) in [6.07, 6.45) is 4.01. The van der Waals surface area contributed by atoms with Gasteiger partial charge in [-0.1, -0.05) is 18.2 Å². The van der Waals surface area contributed by atoms with Crippen molar-refractivity contribution < 1.29 is 40.6 Å². The molecule has 2 heterocycles. The molecule has 214 valence electrons. The smallest absolute Gasteiger partial charge is 0.416 e. The summed E-state index contributed by atoms with van der Waals surface area (Å²) in [5, 5.41) is 9.79. The summed E-state index contributed by atoms with van der Waals surface area (Å²) >= 11 is 0. The second-order valence-electron chi connectivity index (χ2n) is 9.53. The van der Waals surface area contributed by atoms with Gasteiger partial charge in [0.25, 0.3) is 10.0 Å². The molecule has 0 saturated carbocycles. The van der Waals surface area contributed by atoms with Crippen LogP contribution in [0.25, 0.3) is 11.5 Å². The molecule has 41 heavy (non-hydrogen) atoms. The number of sulfonamides is 1. The number of aromatic nitrogens is 1. The molecule has 0 amide bonds. The molecule has 0 radical (unpaired) electrons. The molecule has 12 heteroatoms. The average molecular weight is 587 g/mol. The molecule has 8 nitrogen and oxygen atoms in total. The van der Waals surface area contributed by atoms with Gasteiger partial charge in [0.15, 0.2) is 0 Å². The maximum Gasteiger partial charge on any atom is 0.416 e. The van der Waals surface area contributed by atoms with Crippen molar-refractivity contribution in [1.29, 1.82) is 0 Å². The van der Waals surface area contributed by atoms with Gasteiger partial charge >= 0.3 is 12.1 Å². The first-order valence-corrected chi connectivity index (χ1v) is 14.1. The largest absolute Gasteiger partial charge is 0.487 e. The predicted octanol–water partition coefficient (Wildman–Crippen LogP) is 6.26. The maximum absolute atomic E-state index is 13.6. The fourth-order valence-corrected chi connectivity index (χ4v) is 6.35. The Morgan fingerprint density at radius 1 is 1.12 bits per heavy atom. The van der Waals surface area contributed by atoms with Crippen LogP contribution in [-0.4, -0.2) is 34.8 Å². The second kappa shape index (κ2) is 10.9. The van der Waals surface area contributed by atoms with Gasteiger partial charge in [0.1, 0.15) is 29.9 Å². The number of allylic oxidation sites excluding steroid dienone is 4. The van der Waals surface area contributed by atoms with Crippen molar-refractivity contribution in [2.75, 3.05) is 0 Å². The van der Waals surface area contributed by atoms with Crippen LogP contribution in [0.2, 0.25) is 0 Å². The van der Waals surface area contributed by atoms with E-state index in [0.717, 1.165) is 22.0 Å². The van der Waals surface area contributed by atoms with Crippen molar-refractivity contribution in [3.8, 4) is 17.2 Å². The van der Waals surface area contributed by atoms with Crippen LogP contribution in [-0.2, 0) is 27.6 Å². The summed E-state index contributed by atoms with van der Waals surface area (Å²) in [5.41, 5.74) is 1.17. The third-order valence-electron chi connectivity index (χ3n) is 6.83. The number of hydrogen-bond acceptors (Lipinski definition) is 6. The molecule has 0 spiro atoms. The Bertz CT molecular complexity index is 1650. The lowest BCUT2D eigenvalue weighted by Gasteiger charge is -2.25. The van der Waals surface area contributed by atoms with E-state index in [1.165, 1.54) is 36.4 Å². The molecule has 0 bridgehead atoms. The molecule has 3 aromatic rings. The Kier molecular flexibility index (Phi) is 7.52. The number of nitrogens with zero attached hydrogens (tertiary/aromatic N) is 2. The third kappa shape index (κ3) is 5.78. The van der Waals surface area contributed by atoms with Crippen LogP contribution in [0, 0.1) is 6.92 Å². The lowest BCUT2D eigenvalue weighted by molar-refractivity contribution is -0.140. The van der Waals surface area contributed by atoms with Crippen LogP contribution in [0.3, 0.4) is 0 Å². The monoisotopic (exact) mass is 586 g/mol. The second-order valence-corrected chi connectivity index (χ2v) is 11.3. The Balaban J connectivity index is 1.31. The number of aliphatic carboxylic acids is 1. The lowest BCUT2D eigenvalue weighted by Crippen LogP contribution is -2.40. The standard InChI is InChI=1S/C29H25F3N2O6S/c1-18-24(33-27(40-18)19-8-10-21(11-9-19)29(30,31)32)17-39-22-12-14-23(15-13-22)41(37,38)34-25-7-5-3-2-4-6-20(25)16-26(34)28(35)36/h2-3,5,7-15,26H,4,6,16-17H2,1H3,(H,35,36)/b3-2+,7-5-/t26-/m1/s1. The number of hydrogen-bond donors (Lipinski definition) is 1. The van der Waals surface area contributed by atoms with Gasteiger partial charge in [-0.15, -0.1) is 0 Å². The molecule has 1 aromatic heterocycles. The highest BCUT2D eigenvalue weighted by molar-refractivity contribution is 7.89. The molecule has 1 N–H and O–H groups in total. The number of aryl methyl sites for hydroxylation is 1. The fraction of sp³-hybridized carbons (Fsp3) is 0.241. The zero-order valence-electron chi connectivity index (χ0n) is 21.8.